The van der Waals surface area contributed by atoms with Gasteiger partial charge in [-0.15, -0.1) is 0 Å². The first-order valence-electron chi connectivity index (χ1n) is 12.5. The van der Waals surface area contributed by atoms with E-state index in [0.29, 0.717) is 30.6 Å². The van der Waals surface area contributed by atoms with Crippen LogP contribution in [0.3, 0.4) is 0 Å². The maximum atomic E-state index is 13.0. The largest absolute Gasteiger partial charge is 0.490 e. The van der Waals surface area contributed by atoms with Crippen LogP contribution in [-0.2, 0) is 22.7 Å². The molecule has 2 aliphatic heterocycles. The summed E-state index contributed by atoms with van der Waals surface area (Å²) in [7, 11) is 0. The van der Waals surface area contributed by atoms with E-state index in [1.807, 2.05) is 30.3 Å². The van der Waals surface area contributed by atoms with Crippen molar-refractivity contribution >= 4 is 29.2 Å². The van der Waals surface area contributed by atoms with Crippen molar-refractivity contribution in [2.75, 3.05) is 18.4 Å². The number of benzene rings is 2. The number of piperidine rings is 1. The second-order valence-electron chi connectivity index (χ2n) is 9.56. The number of urea groups is 1. The van der Waals surface area contributed by atoms with Crippen molar-refractivity contribution in [1.82, 2.24) is 15.5 Å². The van der Waals surface area contributed by atoms with Crippen molar-refractivity contribution in [2.24, 2.45) is 0 Å². The molecule has 9 heteroatoms. The van der Waals surface area contributed by atoms with Crippen LogP contribution in [0.1, 0.15) is 53.6 Å². The van der Waals surface area contributed by atoms with Crippen LogP contribution in [0.25, 0.3) is 0 Å². The molecule has 36 heavy (non-hydrogen) atoms. The highest BCUT2D eigenvalue weighted by molar-refractivity contribution is 6.07. The number of Topliss-reactive ketones (excluding diaryl/α,β-unsaturated/α-hetero) is 2. The Morgan fingerprint density at radius 1 is 1.06 bits per heavy atom. The van der Waals surface area contributed by atoms with Gasteiger partial charge in [0, 0.05) is 36.8 Å². The number of rotatable bonds is 6. The molecule has 0 bridgehead atoms. The van der Waals surface area contributed by atoms with Gasteiger partial charge in [0.15, 0.2) is 5.78 Å². The zero-order valence-corrected chi connectivity index (χ0v) is 20.0. The maximum Gasteiger partial charge on any atom is 0.319 e. The van der Waals surface area contributed by atoms with Gasteiger partial charge in [-0.2, -0.15) is 0 Å². The van der Waals surface area contributed by atoms with E-state index in [9.17, 15) is 19.2 Å². The lowest BCUT2D eigenvalue weighted by Gasteiger charge is -2.29. The molecule has 5 rings (SSSR count). The highest BCUT2D eigenvalue weighted by Crippen LogP contribution is 2.29. The van der Waals surface area contributed by atoms with Gasteiger partial charge in [-0.3, -0.25) is 14.4 Å². The van der Waals surface area contributed by atoms with E-state index in [1.54, 1.807) is 17.0 Å². The van der Waals surface area contributed by atoms with Gasteiger partial charge in [-0.1, -0.05) is 18.2 Å². The first kappa shape index (κ1) is 24.0. The second kappa shape index (κ2) is 10.5. The van der Waals surface area contributed by atoms with E-state index >= 15 is 0 Å². The summed E-state index contributed by atoms with van der Waals surface area (Å²) in [5.74, 6) is 0.279. The number of amides is 3. The normalized spacial score (nSPS) is 20.3. The fraction of sp³-hybridized carbons (Fsp3) is 0.407. The fourth-order valence-corrected chi connectivity index (χ4v) is 5.03. The van der Waals surface area contributed by atoms with E-state index in [1.165, 1.54) is 0 Å². The lowest BCUT2D eigenvalue weighted by Crippen LogP contribution is -2.44. The Bertz CT molecular complexity index is 1190. The van der Waals surface area contributed by atoms with E-state index < -0.39 is 6.04 Å². The average Bonchev–Trinajstić information content (AvgIpc) is 3.19. The first-order chi connectivity index (χ1) is 17.5. The first-order valence-corrected chi connectivity index (χ1v) is 12.5. The molecule has 1 saturated heterocycles. The monoisotopic (exact) mass is 490 g/mol. The minimum absolute atomic E-state index is 0.0620. The van der Waals surface area contributed by atoms with Gasteiger partial charge in [-0.05, 0) is 61.7 Å². The van der Waals surface area contributed by atoms with Crippen LogP contribution in [-0.4, -0.2) is 53.6 Å². The van der Waals surface area contributed by atoms with Crippen molar-refractivity contribution in [1.29, 1.82) is 0 Å². The Balaban J connectivity index is 1.15. The minimum Gasteiger partial charge on any atom is -0.490 e. The van der Waals surface area contributed by atoms with Crippen LogP contribution >= 0.6 is 0 Å². The Morgan fingerprint density at radius 2 is 1.89 bits per heavy atom. The van der Waals surface area contributed by atoms with Crippen LogP contribution < -0.4 is 20.7 Å². The summed E-state index contributed by atoms with van der Waals surface area (Å²) in [4.78, 5) is 50.9. The van der Waals surface area contributed by atoms with Crippen molar-refractivity contribution in [3.63, 3.8) is 0 Å². The molecule has 1 unspecified atom stereocenters. The molecule has 2 heterocycles. The summed E-state index contributed by atoms with van der Waals surface area (Å²) >= 11 is 0. The molecule has 3 N–H and O–H groups in total. The van der Waals surface area contributed by atoms with Gasteiger partial charge in [0.25, 0.3) is 5.91 Å². The Hall–Kier alpha value is -3.72. The number of nitrogens with zero attached hydrogens (tertiary/aromatic N) is 1. The number of hydrogen-bond donors (Lipinski definition) is 3. The SMILES string of the molecule is O=C1CCC(N2Cc3ccc(CNC(=O)Nc4cccc(OC5CCNCC5)c4)cc3C2=O)C(=O)C1. The van der Waals surface area contributed by atoms with Gasteiger partial charge < -0.3 is 25.6 Å². The molecule has 1 aliphatic carbocycles. The maximum absolute atomic E-state index is 13.0. The lowest BCUT2D eigenvalue weighted by molar-refractivity contribution is -0.133. The molecule has 2 fully saturated rings. The number of anilines is 1. The summed E-state index contributed by atoms with van der Waals surface area (Å²) in [5, 5.41) is 8.96. The Kier molecular flexibility index (Phi) is 6.99. The molecule has 0 radical (unpaired) electrons. The zero-order chi connectivity index (χ0) is 25.1. The van der Waals surface area contributed by atoms with Crippen molar-refractivity contribution in [3.05, 3.63) is 59.2 Å². The summed E-state index contributed by atoms with van der Waals surface area (Å²) in [5.41, 5.74) is 2.81. The zero-order valence-electron chi connectivity index (χ0n) is 20.0. The lowest BCUT2D eigenvalue weighted by atomic mass is 9.92. The van der Waals surface area contributed by atoms with Gasteiger partial charge in [0.2, 0.25) is 0 Å². The predicted octanol–water partition coefficient (Wildman–Crippen LogP) is 2.79. The number of nitrogens with one attached hydrogen (secondary N) is 3. The van der Waals surface area contributed by atoms with Crippen molar-refractivity contribution in [3.8, 4) is 5.75 Å². The number of ketones is 2. The molecule has 0 spiro atoms. The number of carbonyl (C=O) groups is 4. The van der Waals surface area contributed by atoms with Crippen LogP contribution in [0.5, 0.6) is 5.75 Å². The summed E-state index contributed by atoms with van der Waals surface area (Å²) in [6.07, 6.45) is 2.70. The second-order valence-corrected chi connectivity index (χ2v) is 9.56. The Labute approximate surface area is 209 Å². The molecule has 1 atom stereocenters. The highest BCUT2D eigenvalue weighted by atomic mass is 16.5. The van der Waals surface area contributed by atoms with Crippen LogP contribution in [0, 0.1) is 0 Å². The van der Waals surface area contributed by atoms with E-state index in [-0.39, 0.29) is 42.6 Å². The number of fused-ring (bicyclic) bond motifs is 1. The third-order valence-electron chi connectivity index (χ3n) is 6.96. The molecule has 3 aliphatic rings. The van der Waals surface area contributed by atoms with Crippen molar-refractivity contribution < 1.29 is 23.9 Å². The number of carbonyl (C=O) groups excluding carboxylic acids is 4. The number of ether oxygens (including phenoxy) is 1. The highest BCUT2D eigenvalue weighted by Gasteiger charge is 2.38. The van der Waals surface area contributed by atoms with Gasteiger partial charge >= 0.3 is 6.03 Å². The van der Waals surface area contributed by atoms with Gasteiger partial charge in [0.05, 0.1) is 12.5 Å². The third kappa shape index (κ3) is 5.41. The fourth-order valence-electron chi connectivity index (χ4n) is 5.03. The van der Waals surface area contributed by atoms with E-state index in [4.69, 9.17) is 4.74 Å². The van der Waals surface area contributed by atoms with Gasteiger partial charge in [0.1, 0.15) is 17.6 Å². The predicted molar refractivity (Wildman–Crippen MR) is 133 cm³/mol. The quantitative estimate of drug-likeness (QED) is 0.536. The smallest absolute Gasteiger partial charge is 0.319 e. The summed E-state index contributed by atoms with van der Waals surface area (Å²) < 4.78 is 6.04. The number of hydrogen-bond acceptors (Lipinski definition) is 6. The average molecular weight is 491 g/mol. The topological polar surface area (TPSA) is 117 Å². The molecule has 188 valence electrons. The molecule has 3 amide bonds. The molecule has 1 saturated carbocycles. The van der Waals surface area contributed by atoms with E-state index in [2.05, 4.69) is 16.0 Å². The standard InChI is InChI=1S/C27H30N4O5/c32-20-6-7-24(25(33)14-20)31-16-18-5-4-17(12-23(18)26(31)34)15-29-27(35)30-19-2-1-3-22(13-19)36-21-8-10-28-11-9-21/h1-5,12-13,21,24,28H,6-11,14-16H2,(H2,29,30,35). The molecular weight excluding hydrogens is 460 g/mol. The minimum atomic E-state index is -0.538. The van der Waals surface area contributed by atoms with Crippen LogP contribution in [0.2, 0.25) is 0 Å². The van der Waals surface area contributed by atoms with Crippen LogP contribution in [0.4, 0.5) is 10.5 Å². The Morgan fingerprint density at radius 3 is 2.69 bits per heavy atom. The van der Waals surface area contributed by atoms with E-state index in [0.717, 1.165) is 42.8 Å². The van der Waals surface area contributed by atoms with Crippen LogP contribution in [0.15, 0.2) is 42.5 Å². The molecule has 2 aromatic rings. The summed E-state index contributed by atoms with van der Waals surface area (Å²) in [6.45, 7) is 2.49. The third-order valence-corrected chi connectivity index (χ3v) is 6.96. The van der Waals surface area contributed by atoms with Crippen molar-refractivity contribution in [2.45, 2.75) is 57.3 Å². The molecular formula is C27H30N4O5. The molecule has 2 aromatic carbocycles. The molecule has 0 aromatic heterocycles. The van der Waals surface area contributed by atoms with Gasteiger partial charge in [-0.25, -0.2) is 4.79 Å². The molecule has 9 nitrogen and oxygen atoms in total. The summed E-state index contributed by atoms with van der Waals surface area (Å²) in [6, 6.07) is 11.9.